The molecule has 1 unspecified atom stereocenters. The molecule has 1 saturated heterocycles. The van der Waals surface area contributed by atoms with E-state index in [2.05, 4.69) is 6.07 Å². The number of hydrogen-bond acceptors (Lipinski definition) is 2. The van der Waals surface area contributed by atoms with Crippen LogP contribution < -0.4 is 5.73 Å². The van der Waals surface area contributed by atoms with Crippen LogP contribution in [0.1, 0.15) is 12.8 Å². The van der Waals surface area contributed by atoms with Crippen molar-refractivity contribution in [3.8, 4) is 6.07 Å². The summed E-state index contributed by atoms with van der Waals surface area (Å²) in [5.41, 5.74) is 5.22. The molecular weight excluding hydrogens is 128 g/mol. The Morgan fingerprint density at radius 1 is 1.80 bits per heavy atom. The highest BCUT2D eigenvalue weighted by Gasteiger charge is 2.24. The monoisotopic (exact) mass is 138 g/mol. The third-order valence-corrected chi connectivity index (χ3v) is 1.71. The maximum Gasteiger partial charge on any atom is 0.189 e. The second kappa shape index (κ2) is 2.56. The fourth-order valence-corrected chi connectivity index (χ4v) is 1.19. The van der Waals surface area contributed by atoms with E-state index in [1.54, 1.807) is 4.90 Å². The zero-order valence-corrected chi connectivity index (χ0v) is 5.67. The summed E-state index contributed by atoms with van der Waals surface area (Å²) in [6.45, 7) is 0.758. The van der Waals surface area contributed by atoms with Gasteiger partial charge < -0.3 is 10.6 Å². The number of hydrogen-bond donors (Lipinski definition) is 2. The van der Waals surface area contributed by atoms with Gasteiger partial charge in [-0.2, -0.15) is 5.26 Å². The molecule has 54 valence electrons. The van der Waals surface area contributed by atoms with Gasteiger partial charge in [0.2, 0.25) is 0 Å². The Balaban J connectivity index is 2.61. The summed E-state index contributed by atoms with van der Waals surface area (Å²) in [6, 6.07) is 1.95. The maximum atomic E-state index is 8.54. The zero-order chi connectivity index (χ0) is 7.56. The Bertz CT molecular complexity index is 181. The highest BCUT2D eigenvalue weighted by molar-refractivity contribution is 5.75. The summed E-state index contributed by atoms with van der Waals surface area (Å²) in [5.74, 6) is 0.0176. The molecule has 1 atom stereocenters. The standard InChI is InChI=1S/C6H10N4/c7-4-5-2-1-3-10(5)6(8)9/h5H,1-3H2,(H3,8,9). The van der Waals surface area contributed by atoms with Gasteiger partial charge in [-0.05, 0) is 12.8 Å². The first-order valence-corrected chi connectivity index (χ1v) is 3.26. The highest BCUT2D eigenvalue weighted by Crippen LogP contribution is 2.14. The molecule has 0 aromatic carbocycles. The van der Waals surface area contributed by atoms with Crippen molar-refractivity contribution in [1.82, 2.24) is 4.90 Å². The van der Waals surface area contributed by atoms with E-state index in [4.69, 9.17) is 16.4 Å². The van der Waals surface area contributed by atoms with Crippen LogP contribution in [0.4, 0.5) is 0 Å². The van der Waals surface area contributed by atoms with Gasteiger partial charge in [-0.3, -0.25) is 5.41 Å². The second-order valence-electron chi connectivity index (χ2n) is 2.37. The van der Waals surface area contributed by atoms with Crippen LogP contribution in [0.25, 0.3) is 0 Å². The molecule has 0 spiro atoms. The maximum absolute atomic E-state index is 8.54. The molecule has 0 radical (unpaired) electrons. The van der Waals surface area contributed by atoms with Crippen molar-refractivity contribution >= 4 is 5.96 Å². The van der Waals surface area contributed by atoms with Crippen LogP contribution in [-0.4, -0.2) is 23.4 Å². The van der Waals surface area contributed by atoms with Gasteiger partial charge in [0.1, 0.15) is 6.04 Å². The number of nitriles is 1. The Morgan fingerprint density at radius 3 is 2.90 bits per heavy atom. The Kier molecular flexibility index (Phi) is 1.76. The number of nitrogens with zero attached hydrogens (tertiary/aromatic N) is 2. The number of nitrogens with one attached hydrogen (secondary N) is 1. The van der Waals surface area contributed by atoms with Crippen LogP contribution in [0.2, 0.25) is 0 Å². The van der Waals surface area contributed by atoms with Gasteiger partial charge in [0, 0.05) is 6.54 Å². The largest absolute Gasteiger partial charge is 0.370 e. The fraction of sp³-hybridized carbons (Fsp3) is 0.667. The van der Waals surface area contributed by atoms with Crippen molar-refractivity contribution in [2.24, 2.45) is 5.73 Å². The zero-order valence-electron chi connectivity index (χ0n) is 5.67. The van der Waals surface area contributed by atoms with Gasteiger partial charge in [-0.1, -0.05) is 0 Å². The van der Waals surface area contributed by atoms with Crippen LogP contribution in [0, 0.1) is 16.7 Å². The molecule has 10 heavy (non-hydrogen) atoms. The molecule has 0 aromatic rings. The minimum absolute atomic E-state index is 0.0176. The van der Waals surface area contributed by atoms with E-state index in [9.17, 15) is 0 Å². The van der Waals surface area contributed by atoms with Crippen LogP contribution in [0.5, 0.6) is 0 Å². The molecule has 1 fully saturated rings. The van der Waals surface area contributed by atoms with Gasteiger partial charge in [0.25, 0.3) is 0 Å². The molecule has 0 aromatic heterocycles. The summed E-state index contributed by atoms with van der Waals surface area (Å²) < 4.78 is 0. The summed E-state index contributed by atoms with van der Waals surface area (Å²) >= 11 is 0. The smallest absolute Gasteiger partial charge is 0.189 e. The lowest BCUT2D eigenvalue weighted by Gasteiger charge is -2.18. The first-order chi connectivity index (χ1) is 4.75. The predicted molar refractivity (Wildman–Crippen MR) is 37.3 cm³/mol. The topological polar surface area (TPSA) is 76.9 Å². The quantitative estimate of drug-likeness (QED) is 0.361. The van der Waals surface area contributed by atoms with E-state index in [1.165, 1.54) is 0 Å². The first-order valence-electron chi connectivity index (χ1n) is 3.26. The Morgan fingerprint density at radius 2 is 2.50 bits per heavy atom. The molecule has 4 nitrogen and oxygen atoms in total. The first kappa shape index (κ1) is 6.87. The van der Waals surface area contributed by atoms with Crippen molar-refractivity contribution < 1.29 is 0 Å². The van der Waals surface area contributed by atoms with E-state index < -0.39 is 0 Å². The minimum Gasteiger partial charge on any atom is -0.370 e. The second-order valence-corrected chi connectivity index (χ2v) is 2.37. The van der Waals surface area contributed by atoms with E-state index >= 15 is 0 Å². The molecule has 0 aliphatic carbocycles. The molecule has 4 heteroatoms. The van der Waals surface area contributed by atoms with Crippen molar-refractivity contribution in [3.63, 3.8) is 0 Å². The fourth-order valence-electron chi connectivity index (χ4n) is 1.19. The third-order valence-electron chi connectivity index (χ3n) is 1.71. The van der Waals surface area contributed by atoms with Crippen LogP contribution >= 0.6 is 0 Å². The molecule has 3 N–H and O–H groups in total. The molecule has 0 saturated carbocycles. The number of likely N-dealkylation sites (tertiary alicyclic amines) is 1. The average molecular weight is 138 g/mol. The molecule has 1 aliphatic rings. The highest BCUT2D eigenvalue weighted by atomic mass is 15.3. The van der Waals surface area contributed by atoms with E-state index in [1.807, 2.05) is 0 Å². The number of rotatable bonds is 0. The van der Waals surface area contributed by atoms with E-state index in [0.29, 0.717) is 0 Å². The molecule has 1 aliphatic heterocycles. The normalized spacial score (nSPS) is 24.3. The van der Waals surface area contributed by atoms with Crippen molar-refractivity contribution in [2.75, 3.05) is 6.54 Å². The summed E-state index contributed by atoms with van der Waals surface area (Å²) in [4.78, 5) is 1.62. The van der Waals surface area contributed by atoms with E-state index in [0.717, 1.165) is 19.4 Å². The number of nitrogens with two attached hydrogens (primary N) is 1. The predicted octanol–water partition coefficient (Wildman–Crippen LogP) is -0.132. The summed E-state index contributed by atoms with van der Waals surface area (Å²) in [6.07, 6.45) is 1.81. The van der Waals surface area contributed by atoms with Gasteiger partial charge in [0.15, 0.2) is 5.96 Å². The minimum atomic E-state index is -0.155. The van der Waals surface area contributed by atoms with E-state index in [-0.39, 0.29) is 12.0 Å². The molecule has 1 rings (SSSR count). The van der Waals surface area contributed by atoms with Crippen molar-refractivity contribution in [3.05, 3.63) is 0 Å². The Hall–Kier alpha value is -1.24. The van der Waals surface area contributed by atoms with Gasteiger partial charge in [-0.25, -0.2) is 0 Å². The van der Waals surface area contributed by atoms with Crippen molar-refractivity contribution in [2.45, 2.75) is 18.9 Å². The average Bonchev–Trinajstić information content (AvgIpc) is 2.33. The molecule has 0 amide bonds. The number of guanidine groups is 1. The lowest BCUT2D eigenvalue weighted by molar-refractivity contribution is 0.446. The Labute approximate surface area is 59.7 Å². The molecule has 1 heterocycles. The van der Waals surface area contributed by atoms with Gasteiger partial charge >= 0.3 is 0 Å². The van der Waals surface area contributed by atoms with Gasteiger partial charge in [0.05, 0.1) is 6.07 Å². The third kappa shape index (κ3) is 1.03. The lowest BCUT2D eigenvalue weighted by atomic mass is 10.2. The SMILES string of the molecule is N#CC1CCCN1C(=N)N. The lowest BCUT2D eigenvalue weighted by Crippen LogP contribution is -2.39. The molecular formula is C6H10N4. The van der Waals surface area contributed by atoms with Crippen LogP contribution in [0.15, 0.2) is 0 Å². The molecule has 0 bridgehead atoms. The van der Waals surface area contributed by atoms with Crippen LogP contribution in [0.3, 0.4) is 0 Å². The van der Waals surface area contributed by atoms with Crippen LogP contribution in [-0.2, 0) is 0 Å². The van der Waals surface area contributed by atoms with Crippen molar-refractivity contribution in [1.29, 1.82) is 10.7 Å². The summed E-state index contributed by atoms with van der Waals surface area (Å²) in [5, 5.41) is 15.6. The summed E-state index contributed by atoms with van der Waals surface area (Å²) in [7, 11) is 0. The van der Waals surface area contributed by atoms with Gasteiger partial charge in [-0.15, -0.1) is 0 Å².